The Morgan fingerprint density at radius 2 is 2.03 bits per heavy atom. The van der Waals surface area contributed by atoms with Gasteiger partial charge in [-0.3, -0.25) is 4.79 Å². The van der Waals surface area contributed by atoms with Gasteiger partial charge < -0.3 is 10.1 Å². The minimum Gasteiger partial charge on any atom is -0.492 e. The summed E-state index contributed by atoms with van der Waals surface area (Å²) in [6, 6.07) is 6.94. The van der Waals surface area contributed by atoms with Crippen LogP contribution in [0.2, 0.25) is 5.02 Å². The van der Waals surface area contributed by atoms with E-state index in [4.69, 9.17) is 16.3 Å². The first-order valence-electron chi connectivity index (χ1n) is 9.40. The second kappa shape index (κ2) is 9.28. The summed E-state index contributed by atoms with van der Waals surface area (Å²) >= 11 is 6.11. The van der Waals surface area contributed by atoms with Crippen molar-refractivity contribution in [2.75, 3.05) is 25.0 Å². The number of amides is 1. The Balaban J connectivity index is 1.75. The Morgan fingerprint density at radius 1 is 1.27 bits per heavy atom. The Kier molecular flexibility index (Phi) is 6.95. The van der Waals surface area contributed by atoms with Crippen LogP contribution in [-0.4, -0.2) is 38.3 Å². The number of hydrogen-bond acceptors (Lipinski definition) is 4. The summed E-state index contributed by atoms with van der Waals surface area (Å²) in [5, 5.41) is 2.52. The quantitative estimate of drug-likeness (QED) is 0.708. The first-order valence-corrected chi connectivity index (χ1v) is 11.2. The predicted octanol–water partition coefficient (Wildman–Crippen LogP) is 4.06. The fourth-order valence-electron chi connectivity index (χ4n) is 3.27. The number of benzene rings is 2. The largest absolute Gasteiger partial charge is 0.492 e. The number of nitrogens with zero attached hydrogens (tertiary/aromatic N) is 1. The van der Waals surface area contributed by atoms with Gasteiger partial charge >= 0.3 is 0 Å². The molecular weight excluding hydrogens is 438 g/mol. The average Bonchev–Trinajstić information content (AvgIpc) is 2.72. The zero-order chi connectivity index (χ0) is 21.9. The number of nitrogens with one attached hydrogen (secondary N) is 1. The molecule has 6 nitrogen and oxygen atoms in total. The number of piperidine rings is 1. The number of halogens is 3. The van der Waals surface area contributed by atoms with Crippen LogP contribution in [0.3, 0.4) is 0 Å². The van der Waals surface area contributed by atoms with Gasteiger partial charge in [0.05, 0.1) is 28.1 Å². The lowest BCUT2D eigenvalue weighted by molar-refractivity contribution is -0.120. The van der Waals surface area contributed by atoms with E-state index in [0.717, 1.165) is 18.2 Å². The molecule has 10 heteroatoms. The molecule has 1 amide bonds. The van der Waals surface area contributed by atoms with Crippen molar-refractivity contribution in [1.29, 1.82) is 0 Å². The van der Waals surface area contributed by atoms with Crippen LogP contribution in [0.5, 0.6) is 5.75 Å². The highest BCUT2D eigenvalue weighted by molar-refractivity contribution is 7.89. The maximum Gasteiger partial charge on any atom is 0.243 e. The molecule has 1 saturated heterocycles. The van der Waals surface area contributed by atoms with Crippen LogP contribution in [0, 0.1) is 17.6 Å². The molecule has 1 unspecified atom stereocenters. The van der Waals surface area contributed by atoms with Gasteiger partial charge in [-0.25, -0.2) is 17.2 Å². The first-order chi connectivity index (χ1) is 14.2. The molecule has 1 N–H and O–H groups in total. The highest BCUT2D eigenvalue weighted by atomic mass is 35.5. The molecule has 162 valence electrons. The molecule has 30 heavy (non-hydrogen) atoms. The van der Waals surface area contributed by atoms with Crippen molar-refractivity contribution in [3.05, 3.63) is 53.1 Å². The first kappa shape index (κ1) is 22.5. The van der Waals surface area contributed by atoms with Crippen LogP contribution >= 0.6 is 11.6 Å². The lowest BCUT2D eigenvalue weighted by Gasteiger charge is -2.31. The molecule has 0 radical (unpaired) electrons. The van der Waals surface area contributed by atoms with Crippen molar-refractivity contribution < 1.29 is 26.7 Å². The molecule has 0 aliphatic carbocycles. The van der Waals surface area contributed by atoms with E-state index in [0.29, 0.717) is 25.2 Å². The zero-order valence-electron chi connectivity index (χ0n) is 16.2. The minimum absolute atomic E-state index is 0.00631. The molecule has 1 fully saturated rings. The summed E-state index contributed by atoms with van der Waals surface area (Å²) in [5.74, 6) is -2.34. The Morgan fingerprint density at radius 3 is 2.73 bits per heavy atom. The van der Waals surface area contributed by atoms with Crippen LogP contribution in [0.15, 0.2) is 41.3 Å². The van der Waals surface area contributed by atoms with Crippen LogP contribution in [0.1, 0.15) is 19.8 Å². The summed E-state index contributed by atoms with van der Waals surface area (Å²) in [6.45, 7) is 2.34. The van der Waals surface area contributed by atoms with Gasteiger partial charge in [0, 0.05) is 19.2 Å². The minimum atomic E-state index is -3.89. The van der Waals surface area contributed by atoms with Gasteiger partial charge in [-0.1, -0.05) is 11.6 Å². The van der Waals surface area contributed by atoms with E-state index >= 15 is 0 Å². The smallest absolute Gasteiger partial charge is 0.243 e. The van der Waals surface area contributed by atoms with E-state index in [1.54, 1.807) is 6.92 Å². The lowest BCUT2D eigenvalue weighted by atomic mass is 9.98. The molecule has 0 bridgehead atoms. The fourth-order valence-corrected chi connectivity index (χ4v) is 5.12. The average molecular weight is 459 g/mol. The number of carbonyl (C=O) groups excluding carboxylic acids is 1. The maximum atomic E-state index is 13.8. The number of carbonyl (C=O) groups is 1. The molecule has 0 saturated carbocycles. The molecule has 1 aliphatic rings. The topological polar surface area (TPSA) is 75.7 Å². The number of anilines is 1. The third-order valence-corrected chi connectivity index (χ3v) is 6.94. The second-order valence-electron chi connectivity index (χ2n) is 6.84. The SMILES string of the molecule is CCOc1ccc(S(=O)(=O)N2CCCC(C(=O)Nc3cc(F)ccc3F)C2)cc1Cl. The van der Waals surface area contributed by atoms with Gasteiger partial charge in [-0.05, 0) is 50.1 Å². The van der Waals surface area contributed by atoms with E-state index in [2.05, 4.69) is 5.32 Å². The Labute approximate surface area is 178 Å². The molecule has 0 spiro atoms. The predicted molar refractivity (Wildman–Crippen MR) is 109 cm³/mol. The molecule has 1 atom stereocenters. The third-order valence-electron chi connectivity index (χ3n) is 4.78. The van der Waals surface area contributed by atoms with Crippen molar-refractivity contribution in [3.63, 3.8) is 0 Å². The van der Waals surface area contributed by atoms with Crippen LogP contribution in [-0.2, 0) is 14.8 Å². The molecular formula is C20H21ClF2N2O4S. The number of ether oxygens (including phenoxy) is 1. The van der Waals surface area contributed by atoms with Crippen molar-refractivity contribution in [2.45, 2.75) is 24.7 Å². The maximum absolute atomic E-state index is 13.8. The number of hydrogen-bond donors (Lipinski definition) is 1. The van der Waals surface area contributed by atoms with Crippen molar-refractivity contribution in [2.24, 2.45) is 5.92 Å². The number of rotatable bonds is 6. The van der Waals surface area contributed by atoms with Crippen LogP contribution in [0.4, 0.5) is 14.5 Å². The highest BCUT2D eigenvalue weighted by Gasteiger charge is 2.34. The Hall–Kier alpha value is -2.23. The van der Waals surface area contributed by atoms with Crippen LogP contribution in [0.25, 0.3) is 0 Å². The molecule has 3 rings (SSSR count). The normalized spacial score (nSPS) is 17.5. The zero-order valence-corrected chi connectivity index (χ0v) is 17.8. The number of sulfonamides is 1. The van der Waals surface area contributed by atoms with E-state index in [1.165, 1.54) is 22.5 Å². The van der Waals surface area contributed by atoms with Gasteiger partial charge in [0.2, 0.25) is 15.9 Å². The van der Waals surface area contributed by atoms with E-state index < -0.39 is 33.5 Å². The molecule has 1 aliphatic heterocycles. The third kappa shape index (κ3) is 4.91. The summed E-state index contributed by atoms with van der Waals surface area (Å²) in [6.07, 6.45) is 0.881. The van der Waals surface area contributed by atoms with Crippen molar-refractivity contribution >= 4 is 33.2 Å². The van der Waals surface area contributed by atoms with Crippen LogP contribution < -0.4 is 10.1 Å². The Bertz CT molecular complexity index is 1050. The van der Waals surface area contributed by atoms with Gasteiger partial charge in [0.15, 0.2) is 0 Å². The molecule has 2 aromatic carbocycles. The van der Waals surface area contributed by atoms with E-state index in [1.807, 2.05) is 0 Å². The van der Waals surface area contributed by atoms with Crippen molar-refractivity contribution in [1.82, 2.24) is 4.31 Å². The fraction of sp³-hybridized carbons (Fsp3) is 0.350. The summed E-state index contributed by atoms with van der Waals surface area (Å²) in [7, 11) is -3.89. The van der Waals surface area contributed by atoms with Gasteiger partial charge in [0.1, 0.15) is 17.4 Å². The standard InChI is InChI=1S/C20H21ClF2N2O4S/c1-2-29-19-8-6-15(11-16(19)21)30(27,28)25-9-3-4-13(12-25)20(26)24-18-10-14(22)5-7-17(18)23/h5-8,10-11,13H,2-4,9,12H2,1H3,(H,24,26). The van der Waals surface area contributed by atoms with Crippen molar-refractivity contribution in [3.8, 4) is 5.75 Å². The summed E-state index contributed by atoms with van der Waals surface area (Å²) in [4.78, 5) is 12.5. The van der Waals surface area contributed by atoms with Gasteiger partial charge in [0.25, 0.3) is 0 Å². The molecule has 0 aromatic heterocycles. The summed E-state index contributed by atoms with van der Waals surface area (Å²) in [5.41, 5.74) is -0.279. The molecule has 2 aromatic rings. The monoisotopic (exact) mass is 458 g/mol. The van der Waals surface area contributed by atoms with Gasteiger partial charge in [-0.2, -0.15) is 4.31 Å². The highest BCUT2D eigenvalue weighted by Crippen LogP contribution is 2.31. The summed E-state index contributed by atoms with van der Waals surface area (Å²) < 4.78 is 59.7. The molecule has 1 heterocycles. The lowest BCUT2D eigenvalue weighted by Crippen LogP contribution is -2.43. The van der Waals surface area contributed by atoms with E-state index in [-0.39, 0.29) is 28.7 Å². The van der Waals surface area contributed by atoms with Gasteiger partial charge in [-0.15, -0.1) is 0 Å². The van der Waals surface area contributed by atoms with E-state index in [9.17, 15) is 22.0 Å². The second-order valence-corrected chi connectivity index (χ2v) is 9.19.